The fourth-order valence-electron chi connectivity index (χ4n) is 4.82. The maximum atomic E-state index is 12.8. The number of rotatable bonds is 10. The lowest BCUT2D eigenvalue weighted by molar-refractivity contribution is -0.134. The van der Waals surface area contributed by atoms with Crippen LogP contribution in [0.2, 0.25) is 0 Å². The standard InChI is InChI=1S/C31H35N3O5/c1-38-25-13-15-27(16-14-25)39-26-11-7-22(8-12-26)21-32-31(37)30(36)29(35)28(23-9-10-23)34-19-17-33(18-20-34)24-5-3-2-4-6-24/h2-8,11-16,29-30,35-36H,9-10,17-21H2,1H3,(H,32,37)/t29-,30+/m0/s1. The Morgan fingerprint density at radius 2 is 1.41 bits per heavy atom. The molecule has 1 saturated carbocycles. The van der Waals surface area contributed by atoms with Crippen LogP contribution in [0.5, 0.6) is 17.2 Å². The van der Waals surface area contributed by atoms with Crippen molar-refractivity contribution in [3.8, 4) is 17.2 Å². The zero-order valence-corrected chi connectivity index (χ0v) is 22.1. The number of anilines is 1. The van der Waals surface area contributed by atoms with Crippen molar-refractivity contribution in [2.75, 3.05) is 38.2 Å². The normalized spacial score (nSPS) is 16.3. The topological polar surface area (TPSA) is 94.5 Å². The number of para-hydroxylation sites is 1. The predicted molar refractivity (Wildman–Crippen MR) is 150 cm³/mol. The summed E-state index contributed by atoms with van der Waals surface area (Å²) < 4.78 is 11.0. The van der Waals surface area contributed by atoms with Crippen LogP contribution in [0.15, 0.2) is 90.1 Å². The highest BCUT2D eigenvalue weighted by molar-refractivity contribution is 5.81. The van der Waals surface area contributed by atoms with Crippen molar-refractivity contribution < 1.29 is 24.5 Å². The summed E-state index contributed by atoms with van der Waals surface area (Å²) in [5.41, 5.74) is 3.86. The van der Waals surface area contributed by atoms with E-state index in [1.807, 2.05) is 66.7 Å². The van der Waals surface area contributed by atoms with E-state index in [-0.39, 0.29) is 6.54 Å². The van der Waals surface area contributed by atoms with Crippen LogP contribution in [0.3, 0.4) is 0 Å². The van der Waals surface area contributed by atoms with Gasteiger partial charge in [0, 0.05) is 44.1 Å². The molecule has 2 aliphatic rings. The van der Waals surface area contributed by atoms with E-state index in [0.29, 0.717) is 17.2 Å². The molecule has 0 unspecified atom stereocenters. The van der Waals surface area contributed by atoms with Crippen LogP contribution < -0.4 is 19.7 Å². The van der Waals surface area contributed by atoms with Gasteiger partial charge < -0.3 is 34.8 Å². The van der Waals surface area contributed by atoms with Gasteiger partial charge in [-0.25, -0.2) is 0 Å². The molecule has 1 aliphatic heterocycles. The van der Waals surface area contributed by atoms with E-state index < -0.39 is 18.1 Å². The molecule has 39 heavy (non-hydrogen) atoms. The Morgan fingerprint density at radius 1 is 0.821 bits per heavy atom. The van der Waals surface area contributed by atoms with Crippen molar-refractivity contribution in [1.82, 2.24) is 10.2 Å². The average molecular weight is 530 g/mol. The van der Waals surface area contributed by atoms with Crippen molar-refractivity contribution in [2.24, 2.45) is 0 Å². The molecule has 2 atom stereocenters. The molecule has 3 aromatic carbocycles. The number of nitrogens with one attached hydrogen (secondary N) is 1. The molecule has 1 aliphatic carbocycles. The first kappa shape index (κ1) is 26.6. The molecule has 0 aromatic heterocycles. The third-order valence-electron chi connectivity index (χ3n) is 7.14. The molecule has 1 heterocycles. The van der Waals surface area contributed by atoms with E-state index in [2.05, 4.69) is 27.2 Å². The fraction of sp³-hybridized carbons (Fsp3) is 0.323. The Morgan fingerprint density at radius 3 is 2.00 bits per heavy atom. The number of nitrogens with zero attached hydrogens (tertiary/aromatic N) is 2. The molecule has 5 rings (SSSR count). The molecule has 1 saturated heterocycles. The zero-order valence-electron chi connectivity index (χ0n) is 22.1. The average Bonchev–Trinajstić information content (AvgIpc) is 3.83. The summed E-state index contributed by atoms with van der Waals surface area (Å²) in [6.45, 7) is 3.31. The first-order chi connectivity index (χ1) is 19.0. The number of amides is 1. The third-order valence-corrected chi connectivity index (χ3v) is 7.14. The maximum Gasteiger partial charge on any atom is 0.252 e. The Balaban J connectivity index is 1.13. The van der Waals surface area contributed by atoms with Crippen molar-refractivity contribution in [3.05, 3.63) is 95.7 Å². The van der Waals surface area contributed by atoms with Crippen molar-refractivity contribution in [2.45, 2.75) is 31.6 Å². The molecule has 3 N–H and O–H groups in total. The van der Waals surface area contributed by atoms with E-state index in [1.54, 1.807) is 7.11 Å². The van der Waals surface area contributed by atoms with E-state index >= 15 is 0 Å². The second-order valence-electron chi connectivity index (χ2n) is 9.83. The number of carbonyl (C=O) groups is 1. The summed E-state index contributed by atoms with van der Waals surface area (Å²) in [6.07, 6.45) is -1.02. The van der Waals surface area contributed by atoms with Crippen molar-refractivity contribution >= 4 is 11.6 Å². The second-order valence-corrected chi connectivity index (χ2v) is 9.83. The minimum absolute atomic E-state index is 0.229. The number of hydrogen-bond donors (Lipinski definition) is 3. The minimum atomic E-state index is -1.54. The molecule has 0 radical (unpaired) electrons. The summed E-state index contributed by atoms with van der Waals surface area (Å²) in [4.78, 5) is 17.2. The van der Waals surface area contributed by atoms with Gasteiger partial charge in [-0.3, -0.25) is 4.79 Å². The first-order valence-electron chi connectivity index (χ1n) is 13.3. The molecule has 0 spiro atoms. The fourth-order valence-corrected chi connectivity index (χ4v) is 4.82. The van der Waals surface area contributed by atoms with Gasteiger partial charge in [0.25, 0.3) is 5.91 Å². The number of aliphatic hydroxyl groups is 2. The highest BCUT2D eigenvalue weighted by atomic mass is 16.5. The summed E-state index contributed by atoms with van der Waals surface area (Å²) >= 11 is 0. The van der Waals surface area contributed by atoms with Gasteiger partial charge in [0.2, 0.25) is 0 Å². The number of carbonyl (C=O) groups excluding carboxylic acids is 1. The van der Waals surface area contributed by atoms with Crippen molar-refractivity contribution in [1.29, 1.82) is 0 Å². The molecule has 1 amide bonds. The molecule has 3 aromatic rings. The van der Waals surface area contributed by atoms with E-state index in [1.165, 1.54) is 5.69 Å². The zero-order chi connectivity index (χ0) is 27.2. The molecular weight excluding hydrogens is 494 g/mol. The van der Waals surface area contributed by atoms with E-state index in [4.69, 9.17) is 9.47 Å². The summed E-state index contributed by atoms with van der Waals surface area (Å²) in [5, 5.41) is 24.6. The smallest absolute Gasteiger partial charge is 0.252 e. The van der Waals surface area contributed by atoms with Gasteiger partial charge in [-0.15, -0.1) is 0 Å². The molecule has 8 nitrogen and oxygen atoms in total. The number of ether oxygens (including phenoxy) is 2. The van der Waals surface area contributed by atoms with Gasteiger partial charge in [0.1, 0.15) is 23.4 Å². The number of methoxy groups -OCH3 is 1. The van der Waals surface area contributed by atoms with Crippen molar-refractivity contribution in [3.63, 3.8) is 0 Å². The second kappa shape index (κ2) is 12.2. The summed E-state index contributed by atoms with van der Waals surface area (Å²) in [6, 6.07) is 24.9. The number of benzene rings is 3. The number of hydrogen-bond acceptors (Lipinski definition) is 7. The lowest BCUT2D eigenvalue weighted by atomic mass is 10.1. The Labute approximate surface area is 229 Å². The number of aliphatic hydroxyl groups excluding tert-OH is 2. The van der Waals surface area contributed by atoms with E-state index in [9.17, 15) is 15.0 Å². The van der Waals surface area contributed by atoms with Gasteiger partial charge in [-0.05, 0) is 72.5 Å². The molecule has 204 valence electrons. The van der Waals surface area contributed by atoms with Gasteiger partial charge in [0.05, 0.1) is 7.11 Å². The number of piperazine rings is 1. The Kier molecular flexibility index (Phi) is 8.34. The Hall–Kier alpha value is -4.01. The van der Waals surface area contributed by atoms with Crippen LogP contribution in [0.25, 0.3) is 0 Å². The van der Waals surface area contributed by atoms with Crippen LogP contribution >= 0.6 is 0 Å². The van der Waals surface area contributed by atoms with Gasteiger partial charge in [-0.1, -0.05) is 30.3 Å². The van der Waals surface area contributed by atoms with Gasteiger partial charge in [-0.2, -0.15) is 0 Å². The van der Waals surface area contributed by atoms with Crippen LogP contribution in [-0.4, -0.2) is 66.5 Å². The molecule has 2 fully saturated rings. The lowest BCUT2D eigenvalue weighted by Crippen LogP contribution is -2.51. The summed E-state index contributed by atoms with van der Waals surface area (Å²) in [5.74, 6) is 1.52. The first-order valence-corrected chi connectivity index (χ1v) is 13.3. The van der Waals surface area contributed by atoms with Crippen LogP contribution in [0, 0.1) is 0 Å². The van der Waals surface area contributed by atoms with Gasteiger partial charge in [0.15, 0.2) is 6.10 Å². The highest BCUT2D eigenvalue weighted by Gasteiger charge is 2.36. The monoisotopic (exact) mass is 529 g/mol. The molecular formula is C31H35N3O5. The maximum absolute atomic E-state index is 12.8. The number of allylic oxidation sites excluding steroid dienone is 1. The highest BCUT2D eigenvalue weighted by Crippen LogP contribution is 2.36. The largest absolute Gasteiger partial charge is 0.497 e. The van der Waals surface area contributed by atoms with E-state index in [0.717, 1.165) is 55.9 Å². The molecule has 0 bridgehead atoms. The summed E-state index contributed by atoms with van der Waals surface area (Å²) in [7, 11) is 1.62. The minimum Gasteiger partial charge on any atom is -0.497 e. The lowest BCUT2D eigenvalue weighted by Gasteiger charge is -2.40. The van der Waals surface area contributed by atoms with Crippen LogP contribution in [0.4, 0.5) is 5.69 Å². The van der Waals surface area contributed by atoms with Gasteiger partial charge >= 0.3 is 0 Å². The molecule has 8 heteroatoms. The SMILES string of the molecule is COc1ccc(Oc2ccc(CNC(=O)[C@H](O)[C@@H](O)C(=C3CC3)N3CCN(c4ccccc4)CC3)cc2)cc1. The van der Waals surface area contributed by atoms with Crippen LogP contribution in [0.1, 0.15) is 18.4 Å². The third kappa shape index (κ3) is 6.71. The van der Waals surface area contributed by atoms with Crippen LogP contribution in [-0.2, 0) is 11.3 Å². The quantitative estimate of drug-likeness (QED) is 0.369. The predicted octanol–water partition coefficient (Wildman–Crippen LogP) is 3.70. The Bertz CT molecular complexity index is 1260.